The van der Waals surface area contributed by atoms with E-state index < -0.39 is 0 Å². The first-order valence-corrected chi connectivity index (χ1v) is 6.86. The van der Waals surface area contributed by atoms with Crippen molar-refractivity contribution in [1.82, 2.24) is 15.1 Å². The van der Waals surface area contributed by atoms with Crippen LogP contribution in [-0.4, -0.2) is 9.78 Å². The van der Waals surface area contributed by atoms with Crippen LogP contribution in [0.3, 0.4) is 0 Å². The number of aryl methyl sites for hydroxylation is 3. The van der Waals surface area contributed by atoms with E-state index in [1.54, 1.807) is 0 Å². The summed E-state index contributed by atoms with van der Waals surface area (Å²) in [5, 5.41) is 7.91. The molecule has 0 saturated heterocycles. The summed E-state index contributed by atoms with van der Waals surface area (Å²) >= 11 is 0. The Kier molecular flexibility index (Phi) is 4.10. The van der Waals surface area contributed by atoms with Crippen LogP contribution in [0.1, 0.15) is 55.5 Å². The van der Waals surface area contributed by atoms with Crippen molar-refractivity contribution in [3.05, 3.63) is 41.1 Å². The summed E-state index contributed by atoms with van der Waals surface area (Å²) in [5.41, 5.74) is 2.44. The van der Waals surface area contributed by atoms with Gasteiger partial charge in [-0.1, -0.05) is 0 Å². The quantitative estimate of drug-likeness (QED) is 0.895. The number of aromatic nitrogens is 2. The lowest BCUT2D eigenvalue weighted by Gasteiger charge is -2.18. The highest BCUT2D eigenvalue weighted by molar-refractivity contribution is 5.24. The second-order valence-corrected chi connectivity index (χ2v) is 5.11. The highest BCUT2D eigenvalue weighted by atomic mass is 16.3. The largest absolute Gasteiger partial charge is 0.466 e. The number of furan rings is 1. The summed E-state index contributed by atoms with van der Waals surface area (Å²) in [5.74, 6) is 1.96. The summed E-state index contributed by atoms with van der Waals surface area (Å²) in [6, 6.07) is 2.64. The first-order valence-electron chi connectivity index (χ1n) is 6.86. The van der Waals surface area contributed by atoms with E-state index in [1.807, 2.05) is 24.7 Å². The van der Waals surface area contributed by atoms with Gasteiger partial charge in [-0.25, -0.2) is 0 Å². The third kappa shape index (κ3) is 3.07. The van der Waals surface area contributed by atoms with E-state index in [2.05, 4.69) is 43.4 Å². The number of nitrogens with one attached hydrogen (secondary N) is 1. The normalized spacial score (nSPS) is 14.6. The minimum absolute atomic E-state index is 0.262. The lowest BCUT2D eigenvalue weighted by Crippen LogP contribution is -2.22. The predicted octanol–water partition coefficient (Wildman–Crippen LogP) is 3.52. The molecule has 2 heterocycles. The monoisotopic (exact) mass is 261 g/mol. The van der Waals surface area contributed by atoms with Crippen molar-refractivity contribution in [3.8, 4) is 0 Å². The van der Waals surface area contributed by atoms with Crippen molar-refractivity contribution in [2.75, 3.05) is 0 Å². The number of rotatable bonds is 5. The molecular weight excluding hydrogens is 238 g/mol. The van der Waals surface area contributed by atoms with Crippen LogP contribution in [0, 0.1) is 13.8 Å². The Hall–Kier alpha value is -1.55. The Labute approximate surface area is 114 Å². The summed E-state index contributed by atoms with van der Waals surface area (Å²) in [4.78, 5) is 0. The van der Waals surface area contributed by atoms with Gasteiger partial charge < -0.3 is 9.73 Å². The van der Waals surface area contributed by atoms with E-state index in [9.17, 15) is 0 Å². The lowest BCUT2D eigenvalue weighted by molar-refractivity contribution is 0.468. The molecule has 2 aromatic rings. The third-order valence-electron chi connectivity index (χ3n) is 3.52. The molecule has 0 spiro atoms. The third-order valence-corrected chi connectivity index (χ3v) is 3.52. The van der Waals surface area contributed by atoms with Crippen molar-refractivity contribution < 1.29 is 4.42 Å². The van der Waals surface area contributed by atoms with Crippen LogP contribution in [0.4, 0.5) is 0 Å². The van der Waals surface area contributed by atoms with Crippen molar-refractivity contribution in [3.63, 3.8) is 0 Å². The predicted molar refractivity (Wildman–Crippen MR) is 76.0 cm³/mol. The Bertz CT molecular complexity index is 541. The molecule has 4 nitrogen and oxygen atoms in total. The number of nitrogens with zero attached hydrogens (tertiary/aromatic N) is 2. The van der Waals surface area contributed by atoms with Gasteiger partial charge in [0.1, 0.15) is 11.5 Å². The Morgan fingerprint density at radius 2 is 2.05 bits per heavy atom. The zero-order valence-corrected chi connectivity index (χ0v) is 12.4. The first-order chi connectivity index (χ1) is 9.01. The summed E-state index contributed by atoms with van der Waals surface area (Å²) in [6.07, 6.45) is 4.03. The van der Waals surface area contributed by atoms with Crippen molar-refractivity contribution in [2.45, 2.75) is 53.2 Å². The molecule has 2 rings (SSSR count). The van der Waals surface area contributed by atoms with Crippen LogP contribution in [0.2, 0.25) is 0 Å². The Morgan fingerprint density at radius 1 is 1.32 bits per heavy atom. The van der Waals surface area contributed by atoms with Crippen molar-refractivity contribution in [2.24, 2.45) is 0 Å². The smallest absolute Gasteiger partial charge is 0.105 e. The van der Waals surface area contributed by atoms with Crippen LogP contribution in [0.25, 0.3) is 0 Å². The molecule has 0 amide bonds. The average molecular weight is 261 g/mol. The zero-order valence-electron chi connectivity index (χ0n) is 12.4. The van der Waals surface area contributed by atoms with Gasteiger partial charge in [0.15, 0.2) is 0 Å². The minimum Gasteiger partial charge on any atom is -0.466 e. The Balaban J connectivity index is 2.06. The van der Waals surface area contributed by atoms with Crippen LogP contribution in [0.5, 0.6) is 0 Å². The lowest BCUT2D eigenvalue weighted by atomic mass is 10.1. The molecule has 0 aliphatic heterocycles. The topological polar surface area (TPSA) is 43.0 Å². The van der Waals surface area contributed by atoms with Crippen LogP contribution < -0.4 is 5.32 Å². The van der Waals surface area contributed by atoms with Gasteiger partial charge in [0.25, 0.3) is 0 Å². The fourth-order valence-corrected chi connectivity index (χ4v) is 2.42. The van der Waals surface area contributed by atoms with E-state index in [0.29, 0.717) is 0 Å². The molecule has 104 valence electrons. The van der Waals surface area contributed by atoms with Gasteiger partial charge in [-0.2, -0.15) is 5.10 Å². The van der Waals surface area contributed by atoms with Gasteiger partial charge in [-0.3, -0.25) is 4.68 Å². The molecule has 0 fully saturated rings. The van der Waals surface area contributed by atoms with E-state index in [1.165, 1.54) is 11.1 Å². The van der Waals surface area contributed by atoms with Gasteiger partial charge >= 0.3 is 0 Å². The fourth-order valence-electron chi connectivity index (χ4n) is 2.42. The van der Waals surface area contributed by atoms with Gasteiger partial charge in [0.05, 0.1) is 6.20 Å². The maximum Gasteiger partial charge on any atom is 0.105 e. The molecule has 19 heavy (non-hydrogen) atoms. The average Bonchev–Trinajstić information content (AvgIpc) is 2.95. The maximum atomic E-state index is 5.59. The van der Waals surface area contributed by atoms with Gasteiger partial charge in [-0.05, 0) is 40.7 Å². The van der Waals surface area contributed by atoms with Gasteiger partial charge in [0, 0.05) is 36.0 Å². The molecule has 0 bridgehead atoms. The van der Waals surface area contributed by atoms with E-state index >= 15 is 0 Å². The molecule has 2 aromatic heterocycles. The minimum atomic E-state index is 0.262. The van der Waals surface area contributed by atoms with Crippen LogP contribution in [-0.2, 0) is 6.54 Å². The molecule has 0 aliphatic rings. The van der Waals surface area contributed by atoms with Crippen LogP contribution >= 0.6 is 0 Å². The molecule has 0 aliphatic carbocycles. The summed E-state index contributed by atoms with van der Waals surface area (Å²) < 4.78 is 7.54. The molecule has 2 atom stereocenters. The standard InChI is InChI=1S/C15H23N3O/c1-6-18-9-14(8-16-18)11(3)17-12(4)15-7-10(2)19-13(15)5/h7-9,11-12,17H,6H2,1-5H3. The van der Waals surface area contributed by atoms with E-state index in [4.69, 9.17) is 4.42 Å². The second kappa shape index (κ2) is 5.61. The highest BCUT2D eigenvalue weighted by Crippen LogP contribution is 2.24. The Morgan fingerprint density at radius 3 is 2.58 bits per heavy atom. The van der Waals surface area contributed by atoms with Crippen LogP contribution in [0.15, 0.2) is 22.9 Å². The second-order valence-electron chi connectivity index (χ2n) is 5.11. The van der Waals surface area contributed by atoms with Crippen molar-refractivity contribution in [1.29, 1.82) is 0 Å². The molecule has 0 aromatic carbocycles. The maximum absolute atomic E-state index is 5.59. The molecule has 0 radical (unpaired) electrons. The molecule has 4 heteroatoms. The number of hydrogen-bond donors (Lipinski definition) is 1. The van der Waals surface area contributed by atoms with Crippen molar-refractivity contribution >= 4 is 0 Å². The SMILES string of the molecule is CCn1cc(C(C)NC(C)c2cc(C)oc2C)cn1. The summed E-state index contributed by atoms with van der Waals surface area (Å²) in [6.45, 7) is 11.3. The first kappa shape index (κ1) is 13.9. The highest BCUT2D eigenvalue weighted by Gasteiger charge is 2.16. The molecule has 1 N–H and O–H groups in total. The molecule has 2 unspecified atom stereocenters. The number of hydrogen-bond acceptors (Lipinski definition) is 3. The van der Waals surface area contributed by atoms with E-state index in [-0.39, 0.29) is 12.1 Å². The van der Waals surface area contributed by atoms with Gasteiger partial charge in [0.2, 0.25) is 0 Å². The fraction of sp³-hybridized carbons (Fsp3) is 0.533. The molecular formula is C15H23N3O. The zero-order chi connectivity index (χ0) is 14.0. The molecule has 0 saturated carbocycles. The van der Waals surface area contributed by atoms with Gasteiger partial charge in [-0.15, -0.1) is 0 Å². The van der Waals surface area contributed by atoms with E-state index in [0.717, 1.165) is 18.1 Å². The summed E-state index contributed by atoms with van der Waals surface area (Å²) in [7, 11) is 0.